The van der Waals surface area contributed by atoms with Gasteiger partial charge in [-0.05, 0) is 53.1 Å². The summed E-state index contributed by atoms with van der Waals surface area (Å²) in [6.45, 7) is 6.18. The Hall–Kier alpha value is -3.94. The highest BCUT2D eigenvalue weighted by Gasteiger charge is 2.13. The van der Waals surface area contributed by atoms with Gasteiger partial charge in [-0.25, -0.2) is 4.98 Å². The monoisotopic (exact) mass is 498 g/mol. The van der Waals surface area contributed by atoms with Gasteiger partial charge in [0.1, 0.15) is 5.75 Å². The molecule has 1 heterocycles. The fourth-order valence-electron chi connectivity index (χ4n) is 3.80. The molecule has 4 rings (SSSR count). The van der Waals surface area contributed by atoms with Crippen molar-refractivity contribution in [1.29, 1.82) is 0 Å². The number of rotatable bonds is 11. The van der Waals surface area contributed by atoms with Crippen LogP contribution in [0, 0.1) is 0 Å². The van der Waals surface area contributed by atoms with E-state index in [1.807, 2.05) is 78.9 Å². The number of amides is 1. The second kappa shape index (κ2) is 12.2. The zero-order valence-corrected chi connectivity index (χ0v) is 21.1. The lowest BCUT2D eigenvalue weighted by molar-refractivity contribution is 0.0951. The summed E-state index contributed by atoms with van der Waals surface area (Å²) in [5.74, 6) is 0.715. The molecule has 6 nitrogen and oxygen atoms in total. The average Bonchev–Trinajstić information content (AvgIpc) is 3.42. The van der Waals surface area contributed by atoms with E-state index < -0.39 is 0 Å². The molecule has 0 bridgehead atoms. The Morgan fingerprint density at radius 2 is 1.83 bits per heavy atom. The molecule has 0 spiro atoms. The van der Waals surface area contributed by atoms with Crippen molar-refractivity contribution in [1.82, 2.24) is 10.3 Å². The van der Waals surface area contributed by atoms with Crippen molar-refractivity contribution >= 4 is 22.4 Å². The summed E-state index contributed by atoms with van der Waals surface area (Å²) in [5, 5.41) is 5.96. The number of hydrogen-bond donors (Lipinski definition) is 2. The Balaban J connectivity index is 1.39. The van der Waals surface area contributed by atoms with Crippen LogP contribution in [0.5, 0.6) is 5.75 Å². The van der Waals surface area contributed by atoms with Crippen LogP contribution in [-0.2, 0) is 19.6 Å². The highest BCUT2D eigenvalue weighted by atomic mass is 32.1. The quantitative estimate of drug-likeness (QED) is 0.271. The van der Waals surface area contributed by atoms with Crippen molar-refractivity contribution < 1.29 is 9.53 Å². The normalized spacial score (nSPS) is 10.6. The van der Waals surface area contributed by atoms with E-state index in [4.69, 9.17) is 15.5 Å². The molecule has 36 heavy (non-hydrogen) atoms. The van der Waals surface area contributed by atoms with E-state index in [0.717, 1.165) is 38.8 Å². The molecule has 0 aliphatic heterocycles. The number of hydrogen-bond acceptors (Lipinski definition) is 6. The summed E-state index contributed by atoms with van der Waals surface area (Å²) >= 11 is 1.60. The molecule has 3 aromatic carbocycles. The summed E-state index contributed by atoms with van der Waals surface area (Å²) in [5.41, 5.74) is 11.5. The molecule has 1 aromatic heterocycles. The summed E-state index contributed by atoms with van der Waals surface area (Å²) in [6, 6.07) is 23.5. The average molecular weight is 499 g/mol. The number of thiazole rings is 1. The number of methoxy groups -OCH3 is 1. The topological polar surface area (TPSA) is 80.5 Å². The summed E-state index contributed by atoms with van der Waals surface area (Å²) in [7, 11) is 1.66. The number of ether oxygens (including phenoxy) is 1. The van der Waals surface area contributed by atoms with Crippen molar-refractivity contribution in [3.8, 4) is 17.0 Å². The minimum absolute atomic E-state index is 0.105. The highest BCUT2D eigenvalue weighted by molar-refractivity contribution is 7.14. The maximum atomic E-state index is 12.6. The third-order valence-electron chi connectivity index (χ3n) is 5.77. The van der Waals surface area contributed by atoms with E-state index in [1.54, 1.807) is 18.4 Å². The molecule has 3 N–H and O–H groups in total. The van der Waals surface area contributed by atoms with Crippen LogP contribution in [0.4, 0.5) is 5.13 Å². The number of anilines is 1. The number of carbonyl (C=O) groups excluding carboxylic acids is 1. The maximum absolute atomic E-state index is 12.6. The second-order valence-corrected chi connectivity index (χ2v) is 9.15. The van der Waals surface area contributed by atoms with Gasteiger partial charge in [0, 0.05) is 42.7 Å². The largest absolute Gasteiger partial charge is 0.497 e. The van der Waals surface area contributed by atoms with Crippen LogP contribution in [0.3, 0.4) is 0 Å². The number of carbonyl (C=O) groups is 1. The molecule has 184 valence electrons. The van der Waals surface area contributed by atoms with Crippen LogP contribution in [0.15, 0.2) is 90.8 Å². The molecule has 0 fully saturated rings. The van der Waals surface area contributed by atoms with Gasteiger partial charge in [-0.15, -0.1) is 17.9 Å². The van der Waals surface area contributed by atoms with Crippen LogP contribution in [0.2, 0.25) is 0 Å². The van der Waals surface area contributed by atoms with Crippen LogP contribution < -0.4 is 20.7 Å². The highest BCUT2D eigenvalue weighted by Crippen LogP contribution is 2.29. The molecule has 0 atom stereocenters. The van der Waals surface area contributed by atoms with Crippen LogP contribution in [-0.4, -0.2) is 24.5 Å². The summed E-state index contributed by atoms with van der Waals surface area (Å²) in [6.07, 6.45) is 1.87. The van der Waals surface area contributed by atoms with Gasteiger partial charge in [-0.3, -0.25) is 4.79 Å². The van der Waals surface area contributed by atoms with Gasteiger partial charge in [-0.2, -0.15) is 0 Å². The van der Waals surface area contributed by atoms with Crippen molar-refractivity contribution in [2.75, 3.05) is 18.6 Å². The van der Waals surface area contributed by atoms with Crippen molar-refractivity contribution in [3.05, 3.63) is 113 Å². The lowest BCUT2D eigenvalue weighted by atomic mass is 10.1. The Morgan fingerprint density at radius 3 is 2.53 bits per heavy atom. The van der Waals surface area contributed by atoms with Crippen LogP contribution >= 0.6 is 11.3 Å². The van der Waals surface area contributed by atoms with Crippen LogP contribution in [0.1, 0.15) is 27.0 Å². The molecule has 0 aliphatic rings. The molecule has 1 amide bonds. The first-order valence-electron chi connectivity index (χ1n) is 11.7. The molecule has 0 aliphatic carbocycles. The third-order valence-corrected chi connectivity index (χ3v) is 6.67. The minimum atomic E-state index is -0.105. The first-order valence-corrected chi connectivity index (χ1v) is 12.6. The predicted molar refractivity (Wildman–Crippen MR) is 147 cm³/mol. The number of nitrogens with one attached hydrogen (secondary N) is 1. The Labute approximate surface area is 216 Å². The third kappa shape index (κ3) is 6.38. The number of aromatic nitrogens is 1. The van der Waals surface area contributed by atoms with Gasteiger partial charge in [-0.1, -0.05) is 42.5 Å². The summed E-state index contributed by atoms with van der Waals surface area (Å²) < 4.78 is 5.25. The Bertz CT molecular complexity index is 1300. The van der Waals surface area contributed by atoms with Gasteiger partial charge in [0.25, 0.3) is 5.91 Å². The van der Waals surface area contributed by atoms with Crippen molar-refractivity contribution in [2.45, 2.75) is 19.6 Å². The lowest BCUT2D eigenvalue weighted by Crippen LogP contribution is -2.24. The second-order valence-electron chi connectivity index (χ2n) is 8.32. The van der Waals surface area contributed by atoms with E-state index in [9.17, 15) is 4.79 Å². The van der Waals surface area contributed by atoms with E-state index in [0.29, 0.717) is 31.7 Å². The fraction of sp³-hybridized carbons (Fsp3) is 0.172. The first-order chi connectivity index (χ1) is 17.6. The minimum Gasteiger partial charge on any atom is -0.497 e. The molecule has 7 heteroatoms. The first kappa shape index (κ1) is 25.2. The zero-order chi connectivity index (χ0) is 25.3. The molecule has 0 radical (unpaired) electrons. The van der Waals surface area contributed by atoms with E-state index in [-0.39, 0.29) is 5.91 Å². The maximum Gasteiger partial charge on any atom is 0.251 e. The SMILES string of the molecule is C=CCN(Cc1ccc(C(=O)NCc2cccc(CN)c2)cc1)c1nc(-c2ccc(OC)cc2)cs1. The van der Waals surface area contributed by atoms with Crippen molar-refractivity contribution in [2.24, 2.45) is 5.73 Å². The molecule has 0 saturated heterocycles. The van der Waals surface area contributed by atoms with Gasteiger partial charge in [0.15, 0.2) is 5.13 Å². The van der Waals surface area contributed by atoms with Gasteiger partial charge < -0.3 is 20.7 Å². The lowest BCUT2D eigenvalue weighted by Gasteiger charge is -2.20. The van der Waals surface area contributed by atoms with Crippen LogP contribution in [0.25, 0.3) is 11.3 Å². The molecule has 0 saturated carbocycles. The van der Waals surface area contributed by atoms with E-state index in [2.05, 4.69) is 22.2 Å². The Kier molecular flexibility index (Phi) is 8.49. The van der Waals surface area contributed by atoms with Crippen molar-refractivity contribution in [3.63, 3.8) is 0 Å². The smallest absolute Gasteiger partial charge is 0.251 e. The molecular weight excluding hydrogens is 468 g/mol. The van der Waals surface area contributed by atoms with Gasteiger partial charge in [0.05, 0.1) is 12.8 Å². The molecule has 4 aromatic rings. The van der Waals surface area contributed by atoms with Gasteiger partial charge >= 0.3 is 0 Å². The van der Waals surface area contributed by atoms with Gasteiger partial charge in [0.2, 0.25) is 0 Å². The van der Waals surface area contributed by atoms with E-state index in [1.165, 1.54) is 0 Å². The fourth-order valence-corrected chi connectivity index (χ4v) is 4.65. The zero-order valence-electron chi connectivity index (χ0n) is 20.3. The standard InChI is InChI=1S/C29H30N4O2S/c1-3-15-33(29-32-27(20-36-29)24-11-13-26(35-2)14-12-24)19-21-7-9-25(10-8-21)28(34)31-18-23-6-4-5-22(16-23)17-30/h3-14,16,20H,1,15,17-19,30H2,2H3,(H,31,34). The number of benzene rings is 3. The summed E-state index contributed by atoms with van der Waals surface area (Å²) in [4.78, 5) is 19.6. The Morgan fingerprint density at radius 1 is 1.08 bits per heavy atom. The predicted octanol–water partition coefficient (Wildman–Crippen LogP) is 5.40. The van der Waals surface area contributed by atoms with E-state index >= 15 is 0 Å². The molecule has 0 unspecified atom stereocenters. The number of nitrogens with two attached hydrogens (primary N) is 1. The molecular formula is C29H30N4O2S. The number of nitrogens with zero attached hydrogens (tertiary/aromatic N) is 2.